The number of hydrogen-bond donors (Lipinski definition) is 4. The summed E-state index contributed by atoms with van der Waals surface area (Å²) in [4.78, 5) is 118. The highest BCUT2D eigenvalue weighted by molar-refractivity contribution is 5.98. The maximum absolute atomic E-state index is 14.1. The van der Waals surface area contributed by atoms with Crippen LogP contribution in [0.4, 0.5) is 0 Å². The van der Waals surface area contributed by atoms with E-state index in [1.54, 1.807) is 54.6 Å². The van der Waals surface area contributed by atoms with Crippen molar-refractivity contribution in [3.63, 3.8) is 0 Å². The second-order valence-electron chi connectivity index (χ2n) is 27.8. The van der Waals surface area contributed by atoms with Crippen LogP contribution in [-0.4, -0.2) is 191 Å². The molecule has 0 bridgehead atoms. The second-order valence-corrected chi connectivity index (χ2v) is 27.8. The summed E-state index contributed by atoms with van der Waals surface area (Å²) < 4.78 is 0. The second kappa shape index (κ2) is 31.9. The van der Waals surface area contributed by atoms with E-state index in [1.165, 1.54) is 0 Å². The summed E-state index contributed by atoms with van der Waals surface area (Å²) in [5, 5.41) is 11.9. The number of amides is 8. The summed E-state index contributed by atoms with van der Waals surface area (Å²) in [7, 11) is 5.09. The molecule has 18 nitrogen and oxygen atoms in total. The van der Waals surface area contributed by atoms with Crippen molar-refractivity contribution in [2.24, 2.45) is 28.6 Å². The lowest BCUT2D eigenvalue weighted by molar-refractivity contribution is -0.142. The molecule has 0 aliphatic carbocycles. The molecular weight excluding hydrogens is 1040 g/mol. The molecule has 0 radical (unpaired) electrons. The summed E-state index contributed by atoms with van der Waals surface area (Å²) in [6.07, 6.45) is 13.2. The molecule has 0 aromatic heterocycles. The SMILES string of the molecule is C/C(=C\[C@H](C(C)C)N(C)C(=O)[C@@H](NC(=O)[C@H]1CCCCN1C(C)C)C(C)(C)C)C(=O)N1CCC[C@H]1C(=O)NCCC(C)C.CNC(=O)[C@@H]1CCCN1C(=O)/C(C)=C/[C@H](C(C)C)N(C)C(=O)[C@@H](NC(=O)[C@H]1CCCCN1C(C)C)C(C)(C)C. The Morgan fingerprint density at radius 2 is 0.854 bits per heavy atom. The van der Waals surface area contributed by atoms with E-state index in [4.69, 9.17) is 0 Å². The molecule has 468 valence electrons. The van der Waals surface area contributed by atoms with Gasteiger partial charge in [-0.1, -0.05) is 108 Å². The lowest BCUT2D eigenvalue weighted by Gasteiger charge is -2.41. The van der Waals surface area contributed by atoms with Crippen molar-refractivity contribution in [2.45, 2.75) is 256 Å². The number of nitrogens with one attached hydrogen (secondary N) is 4. The molecule has 8 atom stereocenters. The molecule has 4 aliphatic heterocycles. The number of likely N-dealkylation sites (N-methyl/N-ethyl adjacent to an activating group) is 3. The molecule has 4 fully saturated rings. The lowest BCUT2D eigenvalue weighted by Crippen LogP contribution is -2.60. The minimum absolute atomic E-state index is 0.0245. The average Bonchev–Trinajstić information content (AvgIpc) is 4.24. The highest BCUT2D eigenvalue weighted by Crippen LogP contribution is 2.30. The van der Waals surface area contributed by atoms with E-state index in [0.717, 1.165) is 70.9 Å². The molecule has 0 aromatic rings. The Hall–Kier alpha value is -4.84. The molecule has 4 heterocycles. The number of rotatable bonds is 21. The molecule has 4 rings (SSSR count). The van der Waals surface area contributed by atoms with E-state index in [9.17, 15) is 38.4 Å². The molecule has 0 unspecified atom stereocenters. The van der Waals surface area contributed by atoms with Crippen molar-refractivity contribution in [3.05, 3.63) is 23.3 Å². The van der Waals surface area contributed by atoms with Gasteiger partial charge in [0.15, 0.2) is 0 Å². The normalized spacial score (nSPS) is 22.1. The Morgan fingerprint density at radius 1 is 0.500 bits per heavy atom. The van der Waals surface area contributed by atoms with E-state index in [1.807, 2.05) is 81.4 Å². The van der Waals surface area contributed by atoms with Crippen LogP contribution in [0.2, 0.25) is 0 Å². The fraction of sp³-hybridized carbons (Fsp3) is 0.812. The van der Waals surface area contributed by atoms with Gasteiger partial charge in [0.2, 0.25) is 47.3 Å². The molecule has 4 aliphatic rings. The van der Waals surface area contributed by atoms with Crippen LogP contribution in [0.1, 0.15) is 195 Å². The van der Waals surface area contributed by atoms with Crippen LogP contribution in [0.15, 0.2) is 23.3 Å². The number of carbonyl (C=O) groups is 8. The summed E-state index contributed by atoms with van der Waals surface area (Å²) >= 11 is 0. The third kappa shape index (κ3) is 19.6. The van der Waals surface area contributed by atoms with Gasteiger partial charge in [0.25, 0.3) is 0 Å². The summed E-state index contributed by atoms with van der Waals surface area (Å²) in [5.74, 6) is -0.589. The fourth-order valence-corrected chi connectivity index (χ4v) is 12.1. The standard InChI is InChI=1S/C34H61N5O4.C30H53N5O4/c1-22(2)17-18-35-30(40)26-16-14-20-39(26)32(42)25(7)21-28(23(3)4)37(11)33(43)29(34(8,9)10)36-31(41)27-15-12-13-19-38(27)24(5)6;1-19(2)24(18-21(5)28(38)35-17-13-15-22(35)26(36)31-9)33(10)29(39)25(30(6,7)8)32-27(37)23-14-11-12-16-34(23)20(3)4/h21-24,26-29H,12-20H2,1-11H3,(H,35,40)(H,36,41);18-20,22-25H,11-17H2,1-10H3,(H,31,36)(H,32,37)/b25-21+;21-18+/t26-,27+,28+,29+;22-,23+,24+,25+/m00/s1. The van der Waals surface area contributed by atoms with Gasteiger partial charge in [-0.2, -0.15) is 0 Å². The first-order chi connectivity index (χ1) is 38.1. The minimum Gasteiger partial charge on any atom is -0.357 e. The largest absolute Gasteiger partial charge is 0.357 e. The van der Waals surface area contributed by atoms with Crippen LogP contribution in [0.3, 0.4) is 0 Å². The number of piperidine rings is 2. The number of hydrogen-bond acceptors (Lipinski definition) is 10. The monoisotopic (exact) mass is 1150 g/mol. The topological polar surface area (TPSA) is 204 Å². The van der Waals surface area contributed by atoms with Crippen molar-refractivity contribution in [3.8, 4) is 0 Å². The molecule has 82 heavy (non-hydrogen) atoms. The van der Waals surface area contributed by atoms with E-state index < -0.39 is 35.0 Å². The smallest absolute Gasteiger partial charge is 0.249 e. The van der Waals surface area contributed by atoms with Gasteiger partial charge in [-0.3, -0.25) is 48.2 Å². The van der Waals surface area contributed by atoms with E-state index in [0.29, 0.717) is 49.5 Å². The summed E-state index contributed by atoms with van der Waals surface area (Å²) in [6.45, 7) is 39.5. The van der Waals surface area contributed by atoms with Crippen LogP contribution in [0, 0.1) is 28.6 Å². The van der Waals surface area contributed by atoms with Crippen molar-refractivity contribution >= 4 is 47.3 Å². The number of nitrogens with zero attached hydrogens (tertiary/aromatic N) is 6. The minimum atomic E-state index is -0.718. The van der Waals surface area contributed by atoms with Gasteiger partial charge in [-0.05, 0) is 141 Å². The number of carbonyl (C=O) groups excluding carboxylic acids is 8. The third-order valence-electron chi connectivity index (χ3n) is 17.2. The molecule has 0 aromatic carbocycles. The van der Waals surface area contributed by atoms with Gasteiger partial charge in [0.05, 0.1) is 24.2 Å². The maximum atomic E-state index is 14.1. The predicted octanol–water partition coefficient (Wildman–Crippen LogP) is 7.31. The molecule has 4 saturated heterocycles. The number of likely N-dealkylation sites (tertiary alicyclic amines) is 4. The Morgan fingerprint density at radius 3 is 1.17 bits per heavy atom. The maximum Gasteiger partial charge on any atom is 0.249 e. The molecule has 18 heteroatoms. The molecule has 0 spiro atoms. The van der Waals surface area contributed by atoms with Crippen LogP contribution in [-0.2, 0) is 38.4 Å². The first-order valence-electron chi connectivity index (χ1n) is 31.2. The highest BCUT2D eigenvalue weighted by Gasteiger charge is 2.43. The van der Waals surface area contributed by atoms with Gasteiger partial charge in [0, 0.05) is 64.0 Å². The van der Waals surface area contributed by atoms with E-state index in [-0.39, 0.29) is 95.3 Å². The lowest BCUT2D eigenvalue weighted by atomic mass is 9.84. The van der Waals surface area contributed by atoms with Gasteiger partial charge < -0.3 is 40.9 Å². The van der Waals surface area contributed by atoms with Gasteiger partial charge in [0.1, 0.15) is 24.2 Å². The quantitative estimate of drug-likeness (QED) is 0.0845. The Balaban J connectivity index is 0.000000432. The molecule has 8 amide bonds. The third-order valence-corrected chi connectivity index (χ3v) is 17.2. The van der Waals surface area contributed by atoms with Gasteiger partial charge in [-0.15, -0.1) is 0 Å². The van der Waals surface area contributed by atoms with Gasteiger partial charge >= 0.3 is 0 Å². The van der Waals surface area contributed by atoms with Crippen molar-refractivity contribution in [2.75, 3.05) is 53.9 Å². The zero-order valence-electron chi connectivity index (χ0n) is 54.9. The Bertz CT molecular complexity index is 2230. The molecule has 0 saturated carbocycles. The van der Waals surface area contributed by atoms with Crippen LogP contribution in [0.5, 0.6) is 0 Å². The van der Waals surface area contributed by atoms with Crippen molar-refractivity contribution in [1.29, 1.82) is 0 Å². The predicted molar refractivity (Wildman–Crippen MR) is 328 cm³/mol. The zero-order valence-corrected chi connectivity index (χ0v) is 54.9. The fourth-order valence-electron chi connectivity index (χ4n) is 12.1. The van der Waals surface area contributed by atoms with Crippen LogP contribution in [0.25, 0.3) is 0 Å². The van der Waals surface area contributed by atoms with Crippen LogP contribution < -0.4 is 21.3 Å². The van der Waals surface area contributed by atoms with Crippen molar-refractivity contribution < 1.29 is 38.4 Å². The molecular formula is C64H114N10O8. The summed E-state index contributed by atoms with van der Waals surface area (Å²) in [5.41, 5.74) is 0.00634. The average molecular weight is 1150 g/mol. The Labute approximate surface area is 495 Å². The summed E-state index contributed by atoms with van der Waals surface area (Å²) in [6, 6.07) is -3.06. The van der Waals surface area contributed by atoms with Crippen molar-refractivity contribution in [1.82, 2.24) is 50.7 Å². The van der Waals surface area contributed by atoms with E-state index >= 15 is 0 Å². The molecule has 4 N–H and O–H groups in total. The van der Waals surface area contributed by atoms with E-state index in [2.05, 4.69) is 72.6 Å². The first-order valence-corrected chi connectivity index (χ1v) is 31.2. The first kappa shape index (κ1) is 71.4. The van der Waals surface area contributed by atoms with Crippen LogP contribution >= 0.6 is 0 Å². The Kier molecular flexibility index (Phi) is 27.8. The van der Waals surface area contributed by atoms with Gasteiger partial charge in [-0.25, -0.2) is 0 Å². The highest BCUT2D eigenvalue weighted by atomic mass is 16.2. The zero-order chi connectivity index (χ0) is 62.3.